The van der Waals surface area contributed by atoms with Crippen molar-refractivity contribution in [3.05, 3.63) is 5.69 Å². The topological polar surface area (TPSA) is 62.4 Å². The van der Waals surface area contributed by atoms with E-state index in [1.165, 1.54) is 0 Å². The standard InChI is InChI=1S/C12H24N6/c1-10-11(13)12(17(3)15-10)14-4-5-18-8-6-16(2)7-9-18/h14H,4-9,13H2,1-3H3. The highest BCUT2D eigenvalue weighted by molar-refractivity contribution is 5.64. The highest BCUT2D eigenvalue weighted by Crippen LogP contribution is 2.20. The van der Waals surface area contributed by atoms with Gasteiger partial charge in [-0.2, -0.15) is 5.10 Å². The van der Waals surface area contributed by atoms with Crippen LogP contribution in [-0.4, -0.2) is 65.9 Å². The van der Waals surface area contributed by atoms with Crippen molar-refractivity contribution in [3.63, 3.8) is 0 Å². The molecule has 6 heteroatoms. The molecule has 0 radical (unpaired) electrons. The van der Waals surface area contributed by atoms with Gasteiger partial charge < -0.3 is 16.0 Å². The summed E-state index contributed by atoms with van der Waals surface area (Å²) in [7, 11) is 4.09. The van der Waals surface area contributed by atoms with Crippen molar-refractivity contribution in [2.75, 3.05) is 57.4 Å². The molecular formula is C12H24N6. The molecule has 0 spiro atoms. The average molecular weight is 252 g/mol. The number of nitrogens with one attached hydrogen (secondary N) is 1. The number of piperazine rings is 1. The van der Waals surface area contributed by atoms with Gasteiger partial charge in [0.1, 0.15) is 5.82 Å². The molecule has 0 aliphatic carbocycles. The molecule has 18 heavy (non-hydrogen) atoms. The predicted octanol–water partition coefficient (Wildman–Crippen LogP) is -0.0300. The molecule has 1 aliphatic rings. The second-order valence-electron chi connectivity index (χ2n) is 5.04. The van der Waals surface area contributed by atoms with Crippen molar-refractivity contribution in [2.24, 2.45) is 7.05 Å². The number of hydrogen-bond donors (Lipinski definition) is 2. The molecule has 0 bridgehead atoms. The third-order valence-corrected chi connectivity index (χ3v) is 3.58. The van der Waals surface area contributed by atoms with Gasteiger partial charge in [-0.25, -0.2) is 0 Å². The van der Waals surface area contributed by atoms with Crippen LogP contribution in [0, 0.1) is 6.92 Å². The van der Waals surface area contributed by atoms with E-state index in [4.69, 9.17) is 5.73 Å². The summed E-state index contributed by atoms with van der Waals surface area (Å²) in [6.07, 6.45) is 0. The quantitative estimate of drug-likeness (QED) is 0.788. The van der Waals surface area contributed by atoms with Gasteiger partial charge in [-0.05, 0) is 14.0 Å². The number of likely N-dealkylation sites (N-methyl/N-ethyl adjacent to an activating group) is 1. The van der Waals surface area contributed by atoms with E-state index in [-0.39, 0.29) is 0 Å². The maximum Gasteiger partial charge on any atom is 0.147 e. The van der Waals surface area contributed by atoms with Crippen LogP contribution in [0.4, 0.5) is 11.5 Å². The fraction of sp³-hybridized carbons (Fsp3) is 0.750. The van der Waals surface area contributed by atoms with Crippen LogP contribution in [0.15, 0.2) is 0 Å². The van der Waals surface area contributed by atoms with Crippen LogP contribution in [-0.2, 0) is 7.05 Å². The summed E-state index contributed by atoms with van der Waals surface area (Å²) in [4.78, 5) is 4.85. The first-order valence-corrected chi connectivity index (χ1v) is 6.52. The van der Waals surface area contributed by atoms with E-state index in [1.54, 1.807) is 0 Å². The number of nitrogens with zero attached hydrogens (tertiary/aromatic N) is 4. The lowest BCUT2D eigenvalue weighted by molar-refractivity contribution is 0.158. The Morgan fingerprint density at radius 3 is 2.44 bits per heavy atom. The Balaban J connectivity index is 1.78. The van der Waals surface area contributed by atoms with Gasteiger partial charge >= 0.3 is 0 Å². The zero-order chi connectivity index (χ0) is 13.1. The van der Waals surface area contributed by atoms with Gasteiger partial charge in [-0.3, -0.25) is 9.58 Å². The average Bonchev–Trinajstić information content (AvgIpc) is 2.58. The lowest BCUT2D eigenvalue weighted by Gasteiger charge is -2.32. The zero-order valence-electron chi connectivity index (χ0n) is 11.6. The molecule has 1 saturated heterocycles. The van der Waals surface area contributed by atoms with E-state index in [2.05, 4.69) is 27.3 Å². The van der Waals surface area contributed by atoms with Crippen molar-refractivity contribution in [3.8, 4) is 0 Å². The van der Waals surface area contributed by atoms with Gasteiger partial charge in [0.25, 0.3) is 0 Å². The smallest absolute Gasteiger partial charge is 0.147 e. The van der Waals surface area contributed by atoms with Crippen LogP contribution < -0.4 is 11.1 Å². The Kier molecular flexibility index (Phi) is 4.08. The number of aryl methyl sites for hydroxylation is 2. The lowest BCUT2D eigenvalue weighted by Crippen LogP contribution is -2.45. The third-order valence-electron chi connectivity index (χ3n) is 3.58. The molecule has 1 fully saturated rings. The fourth-order valence-electron chi connectivity index (χ4n) is 2.29. The van der Waals surface area contributed by atoms with Crippen LogP contribution in [0.2, 0.25) is 0 Å². The number of rotatable bonds is 4. The maximum absolute atomic E-state index is 5.97. The largest absolute Gasteiger partial charge is 0.394 e. The van der Waals surface area contributed by atoms with Crippen molar-refractivity contribution in [2.45, 2.75) is 6.92 Å². The van der Waals surface area contributed by atoms with Crippen LogP contribution in [0.5, 0.6) is 0 Å². The summed E-state index contributed by atoms with van der Waals surface area (Å²) in [6.45, 7) is 8.52. The summed E-state index contributed by atoms with van der Waals surface area (Å²) in [5, 5.41) is 7.68. The molecule has 6 nitrogen and oxygen atoms in total. The molecular weight excluding hydrogens is 228 g/mol. The molecule has 102 valence electrons. The van der Waals surface area contributed by atoms with Crippen molar-refractivity contribution in [1.82, 2.24) is 19.6 Å². The van der Waals surface area contributed by atoms with E-state index in [0.717, 1.165) is 56.5 Å². The number of anilines is 2. The minimum atomic E-state index is 0.760. The Labute approximate surface area is 109 Å². The summed E-state index contributed by atoms with van der Waals surface area (Å²) in [5.41, 5.74) is 7.62. The lowest BCUT2D eigenvalue weighted by atomic mass is 10.3. The normalized spacial score (nSPS) is 18.2. The number of nitrogen functional groups attached to an aromatic ring is 1. The Hall–Kier alpha value is -1.27. The van der Waals surface area contributed by atoms with E-state index in [1.807, 2.05) is 18.7 Å². The van der Waals surface area contributed by atoms with Gasteiger partial charge in [0.15, 0.2) is 0 Å². The van der Waals surface area contributed by atoms with Crippen LogP contribution >= 0.6 is 0 Å². The highest BCUT2D eigenvalue weighted by atomic mass is 15.3. The third kappa shape index (κ3) is 2.94. The summed E-state index contributed by atoms with van der Waals surface area (Å²) < 4.78 is 1.81. The van der Waals surface area contributed by atoms with Crippen LogP contribution in [0.1, 0.15) is 5.69 Å². The van der Waals surface area contributed by atoms with Crippen molar-refractivity contribution < 1.29 is 0 Å². The number of nitrogens with two attached hydrogens (primary N) is 1. The highest BCUT2D eigenvalue weighted by Gasteiger charge is 2.14. The minimum Gasteiger partial charge on any atom is -0.394 e. The second-order valence-corrected chi connectivity index (χ2v) is 5.04. The van der Waals surface area contributed by atoms with E-state index >= 15 is 0 Å². The molecule has 0 saturated carbocycles. The second kappa shape index (κ2) is 5.58. The molecule has 1 aliphatic heterocycles. The number of aromatic nitrogens is 2. The Morgan fingerprint density at radius 1 is 1.22 bits per heavy atom. The molecule has 1 aromatic rings. The summed E-state index contributed by atoms with van der Waals surface area (Å²) >= 11 is 0. The Bertz CT molecular complexity index is 392. The first-order valence-electron chi connectivity index (χ1n) is 6.52. The monoisotopic (exact) mass is 252 g/mol. The molecule has 0 aromatic carbocycles. The van der Waals surface area contributed by atoms with Gasteiger partial charge in [0.05, 0.1) is 11.4 Å². The predicted molar refractivity (Wildman–Crippen MR) is 74.8 cm³/mol. The van der Waals surface area contributed by atoms with Gasteiger partial charge in [-0.1, -0.05) is 0 Å². The molecule has 1 aromatic heterocycles. The molecule has 3 N–H and O–H groups in total. The zero-order valence-corrected chi connectivity index (χ0v) is 11.6. The summed E-state index contributed by atoms with van der Waals surface area (Å²) in [5.74, 6) is 0.932. The van der Waals surface area contributed by atoms with Gasteiger partial charge in [-0.15, -0.1) is 0 Å². The van der Waals surface area contributed by atoms with E-state index in [9.17, 15) is 0 Å². The minimum absolute atomic E-state index is 0.760. The molecule has 0 amide bonds. The molecule has 0 unspecified atom stereocenters. The van der Waals surface area contributed by atoms with Crippen LogP contribution in [0.3, 0.4) is 0 Å². The van der Waals surface area contributed by atoms with Crippen LogP contribution in [0.25, 0.3) is 0 Å². The van der Waals surface area contributed by atoms with Crippen molar-refractivity contribution in [1.29, 1.82) is 0 Å². The summed E-state index contributed by atoms with van der Waals surface area (Å²) in [6, 6.07) is 0. The molecule has 0 atom stereocenters. The van der Waals surface area contributed by atoms with E-state index in [0.29, 0.717) is 0 Å². The van der Waals surface area contributed by atoms with E-state index < -0.39 is 0 Å². The molecule has 2 rings (SSSR count). The van der Waals surface area contributed by atoms with Gasteiger partial charge in [0.2, 0.25) is 0 Å². The number of hydrogen-bond acceptors (Lipinski definition) is 5. The fourth-order valence-corrected chi connectivity index (χ4v) is 2.29. The first kappa shape index (κ1) is 13.2. The molecule has 2 heterocycles. The van der Waals surface area contributed by atoms with Crippen molar-refractivity contribution >= 4 is 11.5 Å². The Morgan fingerprint density at radius 2 is 1.89 bits per heavy atom. The first-order chi connectivity index (χ1) is 8.58. The maximum atomic E-state index is 5.97. The SMILES string of the molecule is Cc1nn(C)c(NCCN2CCN(C)CC2)c1N. The van der Waals surface area contributed by atoms with Gasteiger partial charge in [0, 0.05) is 46.3 Å².